The van der Waals surface area contributed by atoms with Crippen molar-refractivity contribution in [3.63, 3.8) is 0 Å². The fourth-order valence-corrected chi connectivity index (χ4v) is 3.08. The van der Waals surface area contributed by atoms with Crippen LogP contribution in [0.1, 0.15) is 38.0 Å². The Morgan fingerprint density at radius 1 is 0.857 bits per heavy atom. The molecule has 0 spiro atoms. The smallest absolute Gasteiger partial charge is 0.336 e. The van der Waals surface area contributed by atoms with Crippen molar-refractivity contribution in [3.8, 4) is 5.75 Å². The standard InChI is InChI=1S/C21H17NO6/c1-2-22(13-8-10-15(20(25)26)17(11-13)21(27)28)19(24)16-9-7-12-5-3-4-6-14(12)18(16)23/h3-11,23H,2H2,1H3,(H,25,26)(H,27,28). The van der Waals surface area contributed by atoms with Crippen molar-refractivity contribution in [2.75, 3.05) is 11.4 Å². The van der Waals surface area contributed by atoms with Crippen molar-refractivity contribution in [2.24, 2.45) is 0 Å². The van der Waals surface area contributed by atoms with Crippen LogP contribution < -0.4 is 4.90 Å². The lowest BCUT2D eigenvalue weighted by Gasteiger charge is -2.22. The first-order valence-corrected chi connectivity index (χ1v) is 8.48. The number of aromatic hydroxyl groups is 1. The molecular weight excluding hydrogens is 362 g/mol. The minimum absolute atomic E-state index is 0.0692. The van der Waals surface area contributed by atoms with Crippen LogP contribution in [0.25, 0.3) is 10.8 Å². The largest absolute Gasteiger partial charge is 0.506 e. The van der Waals surface area contributed by atoms with Crippen molar-refractivity contribution in [1.29, 1.82) is 0 Å². The van der Waals surface area contributed by atoms with E-state index in [1.54, 1.807) is 25.1 Å². The molecule has 0 saturated heterocycles. The van der Waals surface area contributed by atoms with E-state index in [1.807, 2.05) is 12.1 Å². The average Bonchev–Trinajstić information content (AvgIpc) is 2.68. The lowest BCUT2D eigenvalue weighted by atomic mass is 10.0. The van der Waals surface area contributed by atoms with Crippen LogP contribution in [-0.4, -0.2) is 39.7 Å². The van der Waals surface area contributed by atoms with Gasteiger partial charge in [-0.1, -0.05) is 30.3 Å². The number of phenols is 1. The summed E-state index contributed by atoms with van der Waals surface area (Å²) in [4.78, 5) is 37.0. The first kappa shape index (κ1) is 18.9. The van der Waals surface area contributed by atoms with E-state index in [0.717, 1.165) is 17.5 Å². The van der Waals surface area contributed by atoms with Gasteiger partial charge < -0.3 is 20.2 Å². The summed E-state index contributed by atoms with van der Waals surface area (Å²) in [6.07, 6.45) is 0. The van der Waals surface area contributed by atoms with Crippen LogP contribution in [0.5, 0.6) is 5.75 Å². The molecule has 0 aliphatic rings. The first-order chi connectivity index (χ1) is 13.3. The number of amides is 1. The highest BCUT2D eigenvalue weighted by Crippen LogP contribution is 2.31. The molecule has 3 N–H and O–H groups in total. The van der Waals surface area contributed by atoms with Crippen molar-refractivity contribution in [1.82, 2.24) is 0 Å². The molecule has 0 saturated carbocycles. The second-order valence-electron chi connectivity index (χ2n) is 6.07. The molecule has 0 radical (unpaired) electrons. The number of hydrogen-bond acceptors (Lipinski definition) is 4. The molecule has 1 amide bonds. The molecule has 0 unspecified atom stereocenters. The van der Waals surface area contributed by atoms with E-state index < -0.39 is 23.4 Å². The zero-order chi connectivity index (χ0) is 20.4. The van der Waals surface area contributed by atoms with Crippen LogP contribution in [0.4, 0.5) is 5.69 Å². The number of benzene rings is 3. The minimum atomic E-state index is -1.41. The SMILES string of the molecule is CCN(C(=O)c1ccc2ccccc2c1O)c1ccc(C(=O)O)c(C(=O)O)c1. The number of hydrogen-bond donors (Lipinski definition) is 3. The van der Waals surface area contributed by atoms with Crippen molar-refractivity contribution < 1.29 is 29.7 Å². The fraction of sp³-hybridized carbons (Fsp3) is 0.0952. The Kier molecular flexibility index (Phi) is 5.00. The van der Waals surface area contributed by atoms with Gasteiger partial charge in [-0.2, -0.15) is 0 Å². The third-order valence-corrected chi connectivity index (χ3v) is 4.47. The normalized spacial score (nSPS) is 10.6. The Hall–Kier alpha value is -3.87. The van der Waals surface area contributed by atoms with Gasteiger partial charge in [-0.15, -0.1) is 0 Å². The number of carboxylic acids is 2. The summed E-state index contributed by atoms with van der Waals surface area (Å²) >= 11 is 0. The molecule has 3 aromatic rings. The van der Waals surface area contributed by atoms with Crippen molar-refractivity contribution in [2.45, 2.75) is 6.92 Å². The molecule has 142 valence electrons. The molecule has 0 aliphatic carbocycles. The molecule has 3 rings (SSSR count). The molecule has 7 nitrogen and oxygen atoms in total. The van der Waals surface area contributed by atoms with E-state index in [4.69, 9.17) is 5.11 Å². The van der Waals surface area contributed by atoms with Crippen LogP contribution in [0, 0.1) is 0 Å². The number of aromatic carboxylic acids is 2. The van der Waals surface area contributed by atoms with Crippen LogP contribution in [0.3, 0.4) is 0 Å². The summed E-state index contributed by atoms with van der Waals surface area (Å²) in [6, 6.07) is 14.0. The summed E-state index contributed by atoms with van der Waals surface area (Å²) < 4.78 is 0. The van der Waals surface area contributed by atoms with Crippen LogP contribution in [0.15, 0.2) is 54.6 Å². The summed E-state index contributed by atoms with van der Waals surface area (Å²) in [7, 11) is 0. The Morgan fingerprint density at radius 3 is 2.14 bits per heavy atom. The van der Waals surface area contributed by atoms with Crippen molar-refractivity contribution in [3.05, 3.63) is 71.3 Å². The number of carbonyl (C=O) groups is 3. The van der Waals surface area contributed by atoms with Crippen molar-refractivity contribution >= 4 is 34.3 Å². The van der Waals surface area contributed by atoms with Crippen LogP contribution in [0.2, 0.25) is 0 Å². The van der Waals surface area contributed by atoms with Gasteiger partial charge in [0.15, 0.2) is 0 Å². The summed E-state index contributed by atoms with van der Waals surface area (Å²) in [5.74, 6) is -3.46. The van der Waals surface area contributed by atoms with Gasteiger partial charge >= 0.3 is 11.9 Å². The monoisotopic (exact) mass is 379 g/mol. The molecule has 7 heteroatoms. The van der Waals surface area contributed by atoms with E-state index in [1.165, 1.54) is 17.0 Å². The zero-order valence-electron chi connectivity index (χ0n) is 14.9. The third kappa shape index (κ3) is 3.25. The number of rotatable bonds is 5. The molecular formula is C21H17NO6. The topological polar surface area (TPSA) is 115 Å². The highest BCUT2D eigenvalue weighted by Gasteiger charge is 2.23. The lowest BCUT2D eigenvalue weighted by Crippen LogP contribution is -2.31. The first-order valence-electron chi connectivity index (χ1n) is 8.48. The number of carboxylic acid groups (broad SMARTS) is 2. The zero-order valence-corrected chi connectivity index (χ0v) is 14.9. The number of carbonyl (C=O) groups excluding carboxylic acids is 1. The Bertz CT molecular complexity index is 1110. The average molecular weight is 379 g/mol. The Balaban J connectivity index is 2.08. The van der Waals surface area contributed by atoms with E-state index in [-0.39, 0.29) is 29.1 Å². The highest BCUT2D eigenvalue weighted by atomic mass is 16.4. The second-order valence-corrected chi connectivity index (χ2v) is 6.07. The number of anilines is 1. The van der Waals surface area contributed by atoms with Gasteiger partial charge in [-0.3, -0.25) is 4.79 Å². The maximum atomic E-state index is 13.0. The van der Waals surface area contributed by atoms with Gasteiger partial charge in [0.2, 0.25) is 0 Å². The molecule has 0 bridgehead atoms. The Labute approximate surface area is 160 Å². The number of fused-ring (bicyclic) bond motifs is 1. The molecule has 0 aliphatic heterocycles. The minimum Gasteiger partial charge on any atom is -0.506 e. The van der Waals surface area contributed by atoms with E-state index in [2.05, 4.69) is 0 Å². The van der Waals surface area contributed by atoms with Crippen LogP contribution >= 0.6 is 0 Å². The van der Waals surface area contributed by atoms with Gasteiger partial charge in [0.1, 0.15) is 5.75 Å². The fourth-order valence-electron chi connectivity index (χ4n) is 3.08. The summed E-state index contributed by atoms with van der Waals surface area (Å²) in [6.45, 7) is 1.89. The molecule has 0 aromatic heterocycles. The van der Waals surface area contributed by atoms with Gasteiger partial charge in [0.05, 0.1) is 16.7 Å². The lowest BCUT2D eigenvalue weighted by molar-refractivity contribution is 0.0651. The number of phenolic OH excluding ortho intramolecular Hbond substituents is 1. The summed E-state index contributed by atoms with van der Waals surface area (Å²) in [5.41, 5.74) is -0.491. The molecule has 3 aromatic carbocycles. The highest BCUT2D eigenvalue weighted by molar-refractivity contribution is 6.12. The Morgan fingerprint density at radius 2 is 1.50 bits per heavy atom. The third-order valence-electron chi connectivity index (χ3n) is 4.47. The predicted octanol–water partition coefficient (Wildman–Crippen LogP) is 3.61. The van der Waals surface area contributed by atoms with Gasteiger partial charge in [-0.25, -0.2) is 9.59 Å². The van der Waals surface area contributed by atoms with Gasteiger partial charge in [0.25, 0.3) is 5.91 Å². The molecule has 0 atom stereocenters. The number of nitrogens with zero attached hydrogens (tertiary/aromatic N) is 1. The van der Waals surface area contributed by atoms with Crippen LogP contribution in [-0.2, 0) is 0 Å². The van der Waals surface area contributed by atoms with E-state index >= 15 is 0 Å². The quantitative estimate of drug-likeness (QED) is 0.624. The molecule has 0 heterocycles. The van der Waals surface area contributed by atoms with Gasteiger partial charge in [0, 0.05) is 17.6 Å². The maximum Gasteiger partial charge on any atom is 0.336 e. The summed E-state index contributed by atoms with van der Waals surface area (Å²) in [5, 5.41) is 30.3. The van der Waals surface area contributed by atoms with E-state index in [9.17, 15) is 24.6 Å². The maximum absolute atomic E-state index is 13.0. The second kappa shape index (κ2) is 7.40. The van der Waals surface area contributed by atoms with Gasteiger partial charge in [-0.05, 0) is 36.6 Å². The molecule has 0 fully saturated rings. The van der Waals surface area contributed by atoms with E-state index in [0.29, 0.717) is 5.39 Å². The predicted molar refractivity (Wildman–Crippen MR) is 103 cm³/mol. The molecule has 28 heavy (non-hydrogen) atoms.